The van der Waals surface area contributed by atoms with Crippen LogP contribution in [-0.4, -0.2) is 16.0 Å². The van der Waals surface area contributed by atoms with Crippen molar-refractivity contribution >= 4 is 21.9 Å². The van der Waals surface area contributed by atoms with Crippen molar-refractivity contribution in [2.45, 2.75) is 19.9 Å². The molecule has 0 amide bonds. The van der Waals surface area contributed by atoms with Crippen LogP contribution in [0, 0.1) is 18.3 Å². The number of anilines is 1. The van der Waals surface area contributed by atoms with Gasteiger partial charge in [-0.3, -0.25) is 0 Å². The number of nitrogens with one attached hydrogen (secondary N) is 1. The summed E-state index contributed by atoms with van der Waals surface area (Å²) in [7, 11) is 0. The number of nitrogens with zero attached hydrogens (tertiary/aromatic N) is 2. The standard InChI is InChI=1S/C10H12BrN3/c1-4-9(7(2)3)14-10-12-5-8(11)6-13-10/h1,5-7,9H,2-3H3,(H,12,13,14). The summed E-state index contributed by atoms with van der Waals surface area (Å²) in [6.07, 6.45) is 8.74. The van der Waals surface area contributed by atoms with Gasteiger partial charge in [-0.25, -0.2) is 9.97 Å². The second-order valence-corrected chi connectivity index (χ2v) is 4.17. The zero-order valence-corrected chi connectivity index (χ0v) is 9.75. The van der Waals surface area contributed by atoms with Gasteiger partial charge in [0.25, 0.3) is 0 Å². The van der Waals surface area contributed by atoms with E-state index in [2.05, 4.69) is 51.0 Å². The summed E-state index contributed by atoms with van der Waals surface area (Å²) in [6.45, 7) is 4.10. The van der Waals surface area contributed by atoms with Crippen LogP contribution in [0.25, 0.3) is 0 Å². The Hall–Kier alpha value is -1.08. The number of terminal acetylenes is 1. The topological polar surface area (TPSA) is 37.8 Å². The monoisotopic (exact) mass is 253 g/mol. The summed E-state index contributed by atoms with van der Waals surface area (Å²) in [5.41, 5.74) is 0. The third-order valence-corrected chi connectivity index (χ3v) is 2.16. The first-order valence-corrected chi connectivity index (χ1v) is 5.13. The quantitative estimate of drug-likeness (QED) is 0.841. The van der Waals surface area contributed by atoms with Gasteiger partial charge in [-0.1, -0.05) is 19.8 Å². The molecule has 4 heteroatoms. The average Bonchev–Trinajstić information content (AvgIpc) is 2.16. The van der Waals surface area contributed by atoms with Crippen LogP contribution in [-0.2, 0) is 0 Å². The summed E-state index contributed by atoms with van der Waals surface area (Å²) >= 11 is 3.26. The lowest BCUT2D eigenvalue weighted by molar-refractivity contribution is 0.610. The molecule has 1 heterocycles. The Morgan fingerprint density at radius 3 is 2.43 bits per heavy atom. The van der Waals surface area contributed by atoms with E-state index in [1.807, 2.05) is 0 Å². The van der Waals surface area contributed by atoms with Crippen molar-refractivity contribution in [1.29, 1.82) is 0 Å². The lowest BCUT2D eigenvalue weighted by Gasteiger charge is -2.15. The molecular weight excluding hydrogens is 242 g/mol. The molecule has 0 radical (unpaired) electrons. The van der Waals surface area contributed by atoms with Crippen LogP contribution in [0.5, 0.6) is 0 Å². The van der Waals surface area contributed by atoms with E-state index in [0.717, 1.165) is 4.47 Å². The number of hydrogen-bond donors (Lipinski definition) is 1. The fraction of sp³-hybridized carbons (Fsp3) is 0.400. The lowest BCUT2D eigenvalue weighted by atomic mass is 10.1. The molecular formula is C10H12BrN3. The molecule has 0 saturated heterocycles. The zero-order chi connectivity index (χ0) is 10.6. The first-order valence-electron chi connectivity index (χ1n) is 4.33. The maximum absolute atomic E-state index is 5.37. The molecule has 0 bridgehead atoms. The molecule has 1 aromatic heterocycles. The summed E-state index contributed by atoms with van der Waals surface area (Å²) in [5.74, 6) is 3.58. The molecule has 1 aromatic rings. The molecule has 1 unspecified atom stereocenters. The van der Waals surface area contributed by atoms with E-state index < -0.39 is 0 Å². The van der Waals surface area contributed by atoms with E-state index in [0.29, 0.717) is 11.9 Å². The van der Waals surface area contributed by atoms with E-state index >= 15 is 0 Å². The van der Waals surface area contributed by atoms with Gasteiger partial charge in [0.1, 0.15) is 0 Å². The minimum absolute atomic E-state index is 0.0313. The Labute approximate surface area is 92.5 Å². The molecule has 0 aromatic carbocycles. The fourth-order valence-corrected chi connectivity index (χ4v) is 1.13. The van der Waals surface area contributed by atoms with Crippen molar-refractivity contribution in [2.75, 3.05) is 5.32 Å². The van der Waals surface area contributed by atoms with E-state index in [4.69, 9.17) is 6.42 Å². The highest BCUT2D eigenvalue weighted by Crippen LogP contribution is 2.10. The second kappa shape index (κ2) is 4.97. The third-order valence-electron chi connectivity index (χ3n) is 1.75. The van der Waals surface area contributed by atoms with Gasteiger partial charge in [-0.2, -0.15) is 0 Å². The van der Waals surface area contributed by atoms with Crippen LogP contribution in [0.2, 0.25) is 0 Å². The molecule has 0 saturated carbocycles. The predicted octanol–water partition coefficient (Wildman–Crippen LogP) is 2.31. The summed E-state index contributed by atoms with van der Waals surface area (Å²) in [5, 5.41) is 3.08. The maximum atomic E-state index is 5.37. The van der Waals surface area contributed by atoms with Crippen molar-refractivity contribution in [3.05, 3.63) is 16.9 Å². The number of rotatable bonds is 3. The molecule has 1 rings (SSSR count). The first-order chi connectivity index (χ1) is 6.63. The fourth-order valence-electron chi connectivity index (χ4n) is 0.927. The third kappa shape index (κ3) is 3.00. The van der Waals surface area contributed by atoms with Gasteiger partial charge in [0.15, 0.2) is 0 Å². The molecule has 3 nitrogen and oxygen atoms in total. The van der Waals surface area contributed by atoms with Crippen molar-refractivity contribution in [3.63, 3.8) is 0 Å². The normalized spacial score (nSPS) is 12.2. The van der Waals surface area contributed by atoms with Gasteiger partial charge in [0.05, 0.1) is 10.5 Å². The number of hydrogen-bond acceptors (Lipinski definition) is 3. The molecule has 0 aliphatic carbocycles. The van der Waals surface area contributed by atoms with Crippen LogP contribution >= 0.6 is 15.9 Å². The van der Waals surface area contributed by atoms with Crippen molar-refractivity contribution in [2.24, 2.45) is 5.92 Å². The smallest absolute Gasteiger partial charge is 0.223 e. The largest absolute Gasteiger partial charge is 0.340 e. The average molecular weight is 254 g/mol. The molecule has 0 spiro atoms. The lowest BCUT2D eigenvalue weighted by Crippen LogP contribution is -2.24. The van der Waals surface area contributed by atoms with Crippen LogP contribution in [0.15, 0.2) is 16.9 Å². The van der Waals surface area contributed by atoms with Gasteiger partial charge in [-0.05, 0) is 21.8 Å². The van der Waals surface area contributed by atoms with Gasteiger partial charge in [0.2, 0.25) is 5.95 Å². The van der Waals surface area contributed by atoms with Gasteiger partial charge >= 0.3 is 0 Å². The Morgan fingerprint density at radius 1 is 1.43 bits per heavy atom. The Kier molecular flexibility index (Phi) is 3.90. The van der Waals surface area contributed by atoms with E-state index in [1.165, 1.54) is 0 Å². The predicted molar refractivity (Wildman–Crippen MR) is 60.8 cm³/mol. The van der Waals surface area contributed by atoms with E-state index in [9.17, 15) is 0 Å². The molecule has 1 N–H and O–H groups in total. The van der Waals surface area contributed by atoms with Crippen LogP contribution in [0.4, 0.5) is 5.95 Å². The van der Waals surface area contributed by atoms with Gasteiger partial charge in [0, 0.05) is 12.4 Å². The highest BCUT2D eigenvalue weighted by atomic mass is 79.9. The minimum atomic E-state index is -0.0313. The Morgan fingerprint density at radius 2 is 2.00 bits per heavy atom. The van der Waals surface area contributed by atoms with Gasteiger partial charge in [-0.15, -0.1) is 6.42 Å². The van der Waals surface area contributed by atoms with Crippen molar-refractivity contribution in [3.8, 4) is 12.3 Å². The van der Waals surface area contributed by atoms with Crippen LogP contribution in [0.3, 0.4) is 0 Å². The molecule has 1 atom stereocenters. The second-order valence-electron chi connectivity index (χ2n) is 3.26. The zero-order valence-electron chi connectivity index (χ0n) is 8.16. The van der Waals surface area contributed by atoms with E-state index in [-0.39, 0.29) is 6.04 Å². The van der Waals surface area contributed by atoms with Gasteiger partial charge < -0.3 is 5.32 Å². The highest BCUT2D eigenvalue weighted by Gasteiger charge is 2.10. The highest BCUT2D eigenvalue weighted by molar-refractivity contribution is 9.10. The summed E-state index contributed by atoms with van der Waals surface area (Å²) in [6, 6.07) is -0.0313. The Balaban J connectivity index is 2.69. The minimum Gasteiger partial charge on any atom is -0.340 e. The van der Waals surface area contributed by atoms with Crippen molar-refractivity contribution in [1.82, 2.24) is 9.97 Å². The van der Waals surface area contributed by atoms with Crippen LogP contribution < -0.4 is 5.32 Å². The first kappa shape index (κ1) is 11.0. The van der Waals surface area contributed by atoms with E-state index in [1.54, 1.807) is 12.4 Å². The molecule has 14 heavy (non-hydrogen) atoms. The Bertz CT molecular complexity index is 326. The number of halogens is 1. The maximum Gasteiger partial charge on any atom is 0.223 e. The molecule has 0 aliphatic heterocycles. The molecule has 0 fully saturated rings. The SMILES string of the molecule is C#CC(Nc1ncc(Br)cn1)C(C)C. The summed E-state index contributed by atoms with van der Waals surface area (Å²) < 4.78 is 0.852. The number of aromatic nitrogens is 2. The van der Waals surface area contributed by atoms with Crippen molar-refractivity contribution < 1.29 is 0 Å². The van der Waals surface area contributed by atoms with Crippen LogP contribution in [0.1, 0.15) is 13.8 Å². The summed E-state index contributed by atoms with van der Waals surface area (Å²) in [4.78, 5) is 8.17. The molecule has 74 valence electrons. The molecule has 0 aliphatic rings.